The van der Waals surface area contributed by atoms with E-state index in [0.717, 1.165) is 0 Å². The minimum absolute atomic E-state index is 0.0789. The highest BCUT2D eigenvalue weighted by Gasteiger charge is 2.95. The lowest BCUT2D eigenvalue weighted by atomic mass is 9.88. The van der Waals surface area contributed by atoms with Gasteiger partial charge in [-0.1, -0.05) is 0 Å². The molecule has 0 spiro atoms. The molecule has 0 aromatic carbocycles. The molecule has 0 bridgehead atoms. The number of hydrogen-bond donors (Lipinski definition) is 0. The first-order valence-electron chi connectivity index (χ1n) is 7.01. The third-order valence-corrected chi connectivity index (χ3v) is 4.10. The first kappa shape index (κ1) is 30.7. The highest BCUT2D eigenvalue weighted by Crippen LogP contribution is 2.64. The van der Waals surface area contributed by atoms with Gasteiger partial charge in [-0.25, -0.2) is 0 Å². The molecule has 0 N–H and O–H groups in total. The fourth-order valence-electron chi connectivity index (χ4n) is 1.67. The predicted molar refractivity (Wildman–Crippen MR) is 66.1 cm³/mol. The van der Waals surface area contributed by atoms with Crippen molar-refractivity contribution in [2.45, 2.75) is 54.1 Å². The summed E-state index contributed by atoms with van der Waals surface area (Å²) in [6.07, 6.45) is -10.7. The normalized spacial score (nSPS) is 16.4. The van der Waals surface area contributed by atoms with E-state index in [1.165, 1.54) is 0 Å². The van der Waals surface area contributed by atoms with Gasteiger partial charge in [0.25, 0.3) is 10.1 Å². The molecule has 0 aromatic heterocycles. The average molecular weight is 542 g/mol. The van der Waals surface area contributed by atoms with Crippen molar-refractivity contribution in [1.82, 2.24) is 0 Å². The van der Waals surface area contributed by atoms with E-state index in [1.807, 2.05) is 0 Å². The molecular weight excluding hydrogens is 535 g/mol. The summed E-state index contributed by atoms with van der Waals surface area (Å²) in [4.78, 5) is 0. The van der Waals surface area contributed by atoms with Crippen molar-refractivity contribution < 1.29 is 87.2 Å². The molecule has 0 radical (unpaired) electrons. The molecule has 0 aromatic rings. The van der Waals surface area contributed by atoms with Crippen LogP contribution < -0.4 is 0 Å². The zero-order valence-electron chi connectivity index (χ0n) is 14.5. The third-order valence-electron chi connectivity index (χ3n) is 3.50. The molecule has 0 unspecified atom stereocenters. The van der Waals surface area contributed by atoms with Crippen molar-refractivity contribution in [3.05, 3.63) is 0 Å². The second kappa shape index (κ2) is 7.90. The van der Waals surface area contributed by atoms with Gasteiger partial charge in [0.2, 0.25) is 0 Å². The highest BCUT2D eigenvalue weighted by atomic mass is 32.2. The van der Waals surface area contributed by atoms with Crippen LogP contribution in [0.1, 0.15) is 6.42 Å². The second-order valence-corrected chi connectivity index (χ2v) is 7.57. The summed E-state index contributed by atoms with van der Waals surface area (Å²) in [7, 11) is -4.75. The molecule has 0 amide bonds. The Hall–Kier alpha value is -1.28. The molecule has 0 aliphatic heterocycles. The first-order valence-corrected chi connectivity index (χ1v) is 8.83. The van der Waals surface area contributed by atoms with E-state index < -0.39 is 70.8 Å². The molecule has 0 fully saturated rings. The van der Waals surface area contributed by atoms with E-state index in [9.17, 15) is 83.1 Å². The fraction of sp³-hybridized carbons (Fsp3) is 1.00. The van der Waals surface area contributed by atoms with Crippen LogP contribution in [-0.2, 0) is 14.3 Å². The Morgan fingerprint density at radius 2 is 0.812 bits per heavy atom. The maximum absolute atomic E-state index is 13.4. The smallest absolute Gasteiger partial charge is 0.270 e. The van der Waals surface area contributed by atoms with Gasteiger partial charge in [0.05, 0.1) is 12.9 Å². The maximum Gasteiger partial charge on any atom is 0.460 e. The highest BCUT2D eigenvalue weighted by molar-refractivity contribution is 7.85. The van der Waals surface area contributed by atoms with Gasteiger partial charge < -0.3 is 0 Å². The van der Waals surface area contributed by atoms with Gasteiger partial charge in [0.15, 0.2) is 0 Å². The lowest BCUT2D eigenvalue weighted by Crippen LogP contribution is -2.74. The Balaban J connectivity index is 6.47. The van der Waals surface area contributed by atoms with Gasteiger partial charge in [-0.3, -0.25) is 4.18 Å². The number of halogens is 17. The number of rotatable bonds is 10. The van der Waals surface area contributed by atoms with Crippen molar-refractivity contribution in [2.24, 2.45) is 0 Å². The van der Waals surface area contributed by atoms with Crippen molar-refractivity contribution in [2.75, 3.05) is 12.9 Å². The van der Waals surface area contributed by atoms with Crippen LogP contribution in [-0.4, -0.2) is 68.9 Å². The number of alkyl halides is 17. The summed E-state index contributed by atoms with van der Waals surface area (Å²) in [5.41, 5.74) is 0. The fourth-order valence-corrected chi connectivity index (χ4v) is 2.06. The Bertz CT molecular complexity index is 782. The molecule has 21 heteroatoms. The van der Waals surface area contributed by atoms with Crippen LogP contribution in [0.25, 0.3) is 0 Å². The van der Waals surface area contributed by atoms with Crippen LogP contribution in [0.4, 0.5) is 74.6 Å². The third kappa shape index (κ3) is 4.54. The zero-order valence-corrected chi connectivity index (χ0v) is 15.3. The van der Waals surface area contributed by atoms with Crippen LogP contribution in [0.5, 0.6) is 0 Å². The molecule has 0 rings (SSSR count). The Kier molecular flexibility index (Phi) is 7.58. The van der Waals surface area contributed by atoms with E-state index >= 15 is 0 Å². The number of hydrogen-bond acceptors (Lipinski definition) is 3. The second-order valence-electron chi connectivity index (χ2n) is 5.92. The standard InChI is InChI=1S/C11H7F17O3S/c1-32(29,30)31-3-2-4(12,13)5(14,15)6(16,17)7(18,19)8(20,21)9(22,23)10(24,25)11(26,27)28/h2-3H2,1H3. The predicted octanol–water partition coefficient (Wildman–Crippen LogP) is 5.36. The molecule has 0 atom stereocenters. The van der Waals surface area contributed by atoms with Gasteiger partial charge in [-0.15, -0.1) is 0 Å². The van der Waals surface area contributed by atoms with E-state index in [0.29, 0.717) is 0 Å². The van der Waals surface area contributed by atoms with Crippen molar-refractivity contribution in [1.29, 1.82) is 0 Å². The van der Waals surface area contributed by atoms with Gasteiger partial charge in [-0.2, -0.15) is 83.1 Å². The average Bonchev–Trinajstić information content (AvgIpc) is 2.50. The summed E-state index contributed by atoms with van der Waals surface area (Å²) in [6, 6.07) is 0. The Morgan fingerprint density at radius 3 is 1.09 bits per heavy atom. The van der Waals surface area contributed by atoms with Crippen LogP contribution in [0.3, 0.4) is 0 Å². The SMILES string of the molecule is CS(=O)(=O)OCCC(F)(F)C(F)(F)C(F)(F)C(F)(F)C(F)(F)C(F)(F)C(F)(F)C(F)(F)F. The van der Waals surface area contributed by atoms with Gasteiger partial charge in [-0.05, 0) is 0 Å². The minimum Gasteiger partial charge on any atom is -0.270 e. The van der Waals surface area contributed by atoms with E-state index in [1.54, 1.807) is 0 Å². The van der Waals surface area contributed by atoms with E-state index in [2.05, 4.69) is 4.18 Å². The quantitative estimate of drug-likeness (QED) is 0.276. The molecule has 0 saturated carbocycles. The molecular formula is C11H7F17O3S. The van der Waals surface area contributed by atoms with E-state index in [4.69, 9.17) is 0 Å². The van der Waals surface area contributed by atoms with Crippen LogP contribution in [0, 0.1) is 0 Å². The molecule has 0 aliphatic rings. The van der Waals surface area contributed by atoms with E-state index in [-0.39, 0.29) is 6.26 Å². The topological polar surface area (TPSA) is 43.4 Å². The molecule has 32 heavy (non-hydrogen) atoms. The van der Waals surface area contributed by atoms with Crippen LogP contribution in [0.15, 0.2) is 0 Å². The van der Waals surface area contributed by atoms with Crippen LogP contribution in [0.2, 0.25) is 0 Å². The molecule has 0 heterocycles. The maximum atomic E-state index is 13.4. The van der Waals surface area contributed by atoms with Gasteiger partial charge >= 0.3 is 47.6 Å². The molecule has 0 aliphatic carbocycles. The summed E-state index contributed by atoms with van der Waals surface area (Å²) in [5.74, 6) is -57.1. The lowest BCUT2D eigenvalue weighted by molar-refractivity contribution is -0.461. The summed E-state index contributed by atoms with van der Waals surface area (Å²) >= 11 is 0. The Morgan fingerprint density at radius 1 is 0.531 bits per heavy atom. The van der Waals surface area contributed by atoms with Gasteiger partial charge in [0, 0.05) is 6.42 Å². The van der Waals surface area contributed by atoms with Crippen molar-refractivity contribution in [3.8, 4) is 0 Å². The molecule has 194 valence electrons. The molecule has 0 saturated heterocycles. The zero-order chi connectivity index (χ0) is 26.6. The monoisotopic (exact) mass is 542 g/mol. The summed E-state index contributed by atoms with van der Waals surface area (Å²) in [5, 5.41) is 0. The molecule has 3 nitrogen and oxygen atoms in total. The van der Waals surface area contributed by atoms with Gasteiger partial charge in [0.1, 0.15) is 0 Å². The largest absolute Gasteiger partial charge is 0.460 e. The summed E-state index contributed by atoms with van der Waals surface area (Å²) in [6.45, 7) is -2.19. The first-order chi connectivity index (χ1) is 13.5. The van der Waals surface area contributed by atoms with Crippen LogP contribution >= 0.6 is 0 Å². The lowest BCUT2D eigenvalue weighted by Gasteiger charge is -2.42. The summed E-state index contributed by atoms with van der Waals surface area (Å²) < 4.78 is 244. The Labute approximate surface area is 165 Å². The van der Waals surface area contributed by atoms with Crippen molar-refractivity contribution >= 4 is 10.1 Å². The minimum atomic E-state index is -8.70. The van der Waals surface area contributed by atoms with Crippen molar-refractivity contribution in [3.63, 3.8) is 0 Å².